The van der Waals surface area contributed by atoms with E-state index in [4.69, 9.17) is 5.73 Å². The van der Waals surface area contributed by atoms with E-state index in [9.17, 15) is 21.6 Å². The largest absolute Gasteiger partial charge is 0.416 e. The first kappa shape index (κ1) is 16.5. The molecular formula is C15H14F3NO2S. The van der Waals surface area contributed by atoms with Gasteiger partial charge in [-0.1, -0.05) is 36.4 Å². The van der Waals surface area contributed by atoms with Crippen LogP contribution in [-0.4, -0.2) is 15.0 Å². The molecule has 0 aliphatic heterocycles. The molecule has 0 fully saturated rings. The summed E-state index contributed by atoms with van der Waals surface area (Å²) in [6.07, 6.45) is -4.54. The Hall–Kier alpha value is -1.86. The molecule has 2 aromatic rings. The SMILES string of the molecule is NC[C@@H](c1cccc(C(F)(F)F)c1)S(=O)(=O)c1ccccc1. The van der Waals surface area contributed by atoms with Gasteiger partial charge in [-0.2, -0.15) is 13.2 Å². The van der Waals surface area contributed by atoms with Crippen LogP contribution in [-0.2, 0) is 16.0 Å². The van der Waals surface area contributed by atoms with E-state index >= 15 is 0 Å². The first-order valence-corrected chi connectivity index (χ1v) is 7.97. The predicted molar refractivity (Wildman–Crippen MR) is 76.9 cm³/mol. The number of sulfone groups is 1. The lowest BCUT2D eigenvalue weighted by molar-refractivity contribution is -0.137. The first-order chi connectivity index (χ1) is 10.3. The summed E-state index contributed by atoms with van der Waals surface area (Å²) in [6.45, 7) is -0.307. The fourth-order valence-electron chi connectivity index (χ4n) is 2.13. The molecule has 0 saturated heterocycles. The smallest absolute Gasteiger partial charge is 0.329 e. The monoisotopic (exact) mass is 329 g/mol. The molecule has 0 bridgehead atoms. The van der Waals surface area contributed by atoms with Crippen molar-refractivity contribution in [2.75, 3.05) is 6.54 Å². The molecule has 0 spiro atoms. The number of hydrogen-bond donors (Lipinski definition) is 1. The van der Waals surface area contributed by atoms with E-state index in [1.54, 1.807) is 18.2 Å². The molecule has 22 heavy (non-hydrogen) atoms. The van der Waals surface area contributed by atoms with Crippen LogP contribution in [0.25, 0.3) is 0 Å². The molecule has 2 aromatic carbocycles. The Bertz CT molecular complexity index is 743. The minimum absolute atomic E-state index is 0.0289. The molecule has 0 unspecified atom stereocenters. The van der Waals surface area contributed by atoms with Gasteiger partial charge in [0.15, 0.2) is 9.84 Å². The van der Waals surface area contributed by atoms with Gasteiger partial charge in [-0.25, -0.2) is 8.42 Å². The highest BCUT2D eigenvalue weighted by Crippen LogP contribution is 2.33. The highest BCUT2D eigenvalue weighted by Gasteiger charge is 2.33. The van der Waals surface area contributed by atoms with E-state index in [0.717, 1.165) is 12.1 Å². The fourth-order valence-corrected chi connectivity index (χ4v) is 3.75. The van der Waals surface area contributed by atoms with Crippen LogP contribution < -0.4 is 5.73 Å². The molecule has 0 aliphatic carbocycles. The zero-order valence-corrected chi connectivity index (χ0v) is 12.2. The molecule has 0 aliphatic rings. The Morgan fingerprint density at radius 1 is 1.00 bits per heavy atom. The second-order valence-corrected chi connectivity index (χ2v) is 6.84. The molecular weight excluding hydrogens is 315 g/mol. The second kappa shape index (κ2) is 6.10. The van der Waals surface area contributed by atoms with Crippen LogP contribution in [0.1, 0.15) is 16.4 Å². The van der Waals surface area contributed by atoms with Gasteiger partial charge in [-0.15, -0.1) is 0 Å². The van der Waals surface area contributed by atoms with Gasteiger partial charge in [-0.05, 0) is 23.8 Å². The van der Waals surface area contributed by atoms with E-state index in [1.165, 1.54) is 24.3 Å². The number of halogens is 3. The number of hydrogen-bond acceptors (Lipinski definition) is 3. The van der Waals surface area contributed by atoms with E-state index in [-0.39, 0.29) is 17.0 Å². The molecule has 3 nitrogen and oxygen atoms in total. The van der Waals surface area contributed by atoms with Crippen molar-refractivity contribution in [3.8, 4) is 0 Å². The standard InChI is InChI=1S/C15H14F3NO2S/c16-15(17,18)12-6-4-5-11(9-12)14(10-19)22(20,21)13-7-2-1-3-8-13/h1-9,14H,10,19H2/t14-/m0/s1. The van der Waals surface area contributed by atoms with Crippen molar-refractivity contribution >= 4 is 9.84 Å². The van der Waals surface area contributed by atoms with E-state index in [2.05, 4.69) is 0 Å². The van der Waals surface area contributed by atoms with Gasteiger partial charge in [-0.3, -0.25) is 0 Å². The van der Waals surface area contributed by atoms with Crippen molar-refractivity contribution in [2.45, 2.75) is 16.3 Å². The normalized spacial score (nSPS) is 13.8. The molecule has 0 radical (unpaired) electrons. The topological polar surface area (TPSA) is 60.2 Å². The van der Waals surface area contributed by atoms with Crippen LogP contribution in [0.15, 0.2) is 59.5 Å². The van der Waals surface area contributed by atoms with Crippen molar-refractivity contribution in [3.05, 3.63) is 65.7 Å². The summed E-state index contributed by atoms with van der Waals surface area (Å²) in [5.41, 5.74) is 4.66. The highest BCUT2D eigenvalue weighted by molar-refractivity contribution is 7.91. The van der Waals surface area contributed by atoms with Crippen LogP contribution in [0.2, 0.25) is 0 Å². The summed E-state index contributed by atoms with van der Waals surface area (Å²) in [5.74, 6) is 0. The van der Waals surface area contributed by atoms with Gasteiger partial charge in [0.1, 0.15) is 5.25 Å². The molecule has 118 valence electrons. The molecule has 0 amide bonds. The summed E-state index contributed by atoms with van der Waals surface area (Å²) in [7, 11) is -3.86. The molecule has 0 aromatic heterocycles. The third-order valence-corrected chi connectivity index (χ3v) is 5.39. The summed E-state index contributed by atoms with van der Waals surface area (Å²) in [5, 5.41) is -1.22. The highest BCUT2D eigenvalue weighted by atomic mass is 32.2. The van der Waals surface area contributed by atoms with Crippen LogP contribution in [0, 0.1) is 0 Å². The third kappa shape index (κ3) is 3.31. The lowest BCUT2D eigenvalue weighted by atomic mass is 10.1. The molecule has 0 heterocycles. The molecule has 7 heteroatoms. The van der Waals surface area contributed by atoms with Crippen molar-refractivity contribution < 1.29 is 21.6 Å². The Morgan fingerprint density at radius 2 is 1.64 bits per heavy atom. The summed E-state index contributed by atoms with van der Waals surface area (Å²) >= 11 is 0. The molecule has 2 N–H and O–H groups in total. The maximum atomic E-state index is 12.8. The first-order valence-electron chi connectivity index (χ1n) is 6.43. The number of benzene rings is 2. The second-order valence-electron chi connectivity index (χ2n) is 4.71. The molecule has 1 atom stereocenters. The Morgan fingerprint density at radius 3 is 2.18 bits per heavy atom. The van der Waals surface area contributed by atoms with E-state index in [1.807, 2.05) is 0 Å². The average Bonchev–Trinajstić information content (AvgIpc) is 2.48. The van der Waals surface area contributed by atoms with Crippen molar-refractivity contribution in [1.29, 1.82) is 0 Å². The van der Waals surface area contributed by atoms with Crippen LogP contribution >= 0.6 is 0 Å². The summed E-state index contributed by atoms with van der Waals surface area (Å²) in [6, 6.07) is 11.8. The van der Waals surface area contributed by atoms with Gasteiger partial charge < -0.3 is 5.73 Å². The average molecular weight is 329 g/mol. The Labute approximate surface area is 126 Å². The lowest BCUT2D eigenvalue weighted by Gasteiger charge is -2.18. The van der Waals surface area contributed by atoms with Gasteiger partial charge in [0.2, 0.25) is 0 Å². The number of alkyl halides is 3. The van der Waals surface area contributed by atoms with Gasteiger partial charge in [0.05, 0.1) is 10.5 Å². The van der Waals surface area contributed by atoms with Crippen LogP contribution in [0.4, 0.5) is 13.2 Å². The van der Waals surface area contributed by atoms with Crippen LogP contribution in [0.3, 0.4) is 0 Å². The van der Waals surface area contributed by atoms with Crippen molar-refractivity contribution in [2.24, 2.45) is 5.73 Å². The van der Waals surface area contributed by atoms with Gasteiger partial charge in [0.25, 0.3) is 0 Å². The maximum Gasteiger partial charge on any atom is 0.416 e. The lowest BCUT2D eigenvalue weighted by Crippen LogP contribution is -2.22. The van der Waals surface area contributed by atoms with Crippen LogP contribution in [0.5, 0.6) is 0 Å². The minimum atomic E-state index is -4.54. The molecule has 0 saturated carbocycles. The summed E-state index contributed by atoms with van der Waals surface area (Å²) < 4.78 is 63.4. The van der Waals surface area contributed by atoms with Crippen molar-refractivity contribution in [1.82, 2.24) is 0 Å². The van der Waals surface area contributed by atoms with Crippen molar-refractivity contribution in [3.63, 3.8) is 0 Å². The van der Waals surface area contributed by atoms with E-state index < -0.39 is 26.8 Å². The van der Waals surface area contributed by atoms with E-state index in [0.29, 0.717) is 0 Å². The summed E-state index contributed by atoms with van der Waals surface area (Å²) in [4.78, 5) is 0.0304. The molecule has 2 rings (SSSR count). The zero-order valence-electron chi connectivity index (χ0n) is 11.4. The Kier molecular flexibility index (Phi) is 4.58. The predicted octanol–water partition coefficient (Wildman–Crippen LogP) is 3.18. The zero-order chi connectivity index (χ0) is 16.4. The third-order valence-electron chi connectivity index (χ3n) is 3.25. The number of rotatable bonds is 4. The van der Waals surface area contributed by atoms with Gasteiger partial charge >= 0.3 is 6.18 Å². The minimum Gasteiger partial charge on any atom is -0.329 e. The number of nitrogens with two attached hydrogens (primary N) is 1. The maximum absolute atomic E-state index is 12.8. The fraction of sp³-hybridized carbons (Fsp3) is 0.200. The Balaban J connectivity index is 2.49. The quantitative estimate of drug-likeness (QED) is 0.937. The van der Waals surface area contributed by atoms with Gasteiger partial charge in [0, 0.05) is 6.54 Å².